The summed E-state index contributed by atoms with van der Waals surface area (Å²) in [6, 6.07) is 24.6. The van der Waals surface area contributed by atoms with E-state index in [1.807, 2.05) is 36.4 Å². The lowest BCUT2D eigenvalue weighted by molar-refractivity contribution is -0.141. The van der Waals surface area contributed by atoms with E-state index in [0.717, 1.165) is 11.1 Å². The summed E-state index contributed by atoms with van der Waals surface area (Å²) in [5, 5.41) is 5.35. The van der Waals surface area contributed by atoms with Crippen molar-refractivity contribution in [3.05, 3.63) is 108 Å². The first-order valence-corrected chi connectivity index (χ1v) is 12.5. The van der Waals surface area contributed by atoms with Gasteiger partial charge in [-0.3, -0.25) is 24.0 Å². The first-order valence-electron chi connectivity index (χ1n) is 12.5. The number of nitrogens with one attached hydrogen (secondary N) is 2. The van der Waals surface area contributed by atoms with Gasteiger partial charge in [0.05, 0.1) is 19.0 Å². The molecule has 39 heavy (non-hydrogen) atoms. The van der Waals surface area contributed by atoms with Gasteiger partial charge in [-0.2, -0.15) is 0 Å². The number of amides is 4. The van der Waals surface area contributed by atoms with Crippen molar-refractivity contribution in [2.24, 2.45) is 5.73 Å². The number of Topliss-reactive ketones (excluding diaryl/α,β-unsaturated/α-hetero) is 1. The quantitative estimate of drug-likeness (QED) is 0.312. The van der Waals surface area contributed by atoms with Gasteiger partial charge in [0.15, 0.2) is 5.78 Å². The third-order valence-corrected chi connectivity index (χ3v) is 6.11. The summed E-state index contributed by atoms with van der Waals surface area (Å²) in [6.07, 6.45) is -0.142. The largest absolute Gasteiger partial charge is 0.370 e. The predicted octanol–water partition coefficient (Wildman–Crippen LogP) is 2.01. The Morgan fingerprint density at radius 2 is 1.33 bits per heavy atom. The van der Waals surface area contributed by atoms with Gasteiger partial charge in [-0.25, -0.2) is 0 Å². The van der Waals surface area contributed by atoms with Crippen LogP contribution in [0.1, 0.15) is 34.8 Å². The Morgan fingerprint density at radius 3 is 1.87 bits per heavy atom. The van der Waals surface area contributed by atoms with E-state index in [1.54, 1.807) is 54.6 Å². The number of hydrogen-bond donors (Lipinski definition) is 3. The van der Waals surface area contributed by atoms with Crippen LogP contribution >= 0.6 is 0 Å². The number of primary amides is 1. The van der Waals surface area contributed by atoms with E-state index >= 15 is 0 Å². The van der Waals surface area contributed by atoms with Crippen molar-refractivity contribution >= 4 is 29.4 Å². The SMILES string of the molecule is CC(=O)C(CC(N)=O)N(Cc1ccccc1)C(=O)CNC(=O)[C@H](Cc1ccccc1)NC(=O)c1ccccc1. The molecule has 202 valence electrons. The standard InChI is InChI=1S/C30H32N4O5/c1-21(35)26(18-27(31)36)34(20-23-13-7-3-8-14-23)28(37)19-32-30(39)25(17-22-11-5-2-6-12-22)33-29(38)24-15-9-4-10-16-24/h2-16,25-26H,17-20H2,1H3,(H2,31,36)(H,32,39)(H,33,38)/t25-,26?/m0/s1. The van der Waals surface area contributed by atoms with Crippen LogP contribution in [0.3, 0.4) is 0 Å². The Labute approximate surface area is 227 Å². The molecule has 9 heteroatoms. The topological polar surface area (TPSA) is 139 Å². The van der Waals surface area contributed by atoms with Crippen LogP contribution in [0.15, 0.2) is 91.0 Å². The molecule has 0 heterocycles. The Hall–Kier alpha value is -4.79. The van der Waals surface area contributed by atoms with Crippen molar-refractivity contribution in [3.63, 3.8) is 0 Å². The number of nitrogens with zero attached hydrogens (tertiary/aromatic N) is 1. The zero-order valence-electron chi connectivity index (χ0n) is 21.7. The number of hydrogen-bond acceptors (Lipinski definition) is 5. The molecule has 3 rings (SSSR count). The molecule has 9 nitrogen and oxygen atoms in total. The van der Waals surface area contributed by atoms with Crippen LogP contribution in [0.5, 0.6) is 0 Å². The molecule has 0 aliphatic heterocycles. The predicted molar refractivity (Wildman–Crippen MR) is 146 cm³/mol. The zero-order chi connectivity index (χ0) is 28.2. The summed E-state index contributed by atoms with van der Waals surface area (Å²) >= 11 is 0. The molecule has 3 aromatic rings. The van der Waals surface area contributed by atoms with Crippen molar-refractivity contribution in [2.75, 3.05) is 6.54 Å². The number of carbonyl (C=O) groups excluding carboxylic acids is 5. The first-order chi connectivity index (χ1) is 18.7. The second-order valence-electron chi connectivity index (χ2n) is 9.10. The van der Waals surface area contributed by atoms with Crippen molar-refractivity contribution < 1.29 is 24.0 Å². The minimum absolute atomic E-state index is 0.0469. The van der Waals surface area contributed by atoms with Crippen LogP contribution in [0.25, 0.3) is 0 Å². The summed E-state index contributed by atoms with van der Waals surface area (Å²) in [5.41, 5.74) is 7.31. The second kappa shape index (κ2) is 14.2. The molecule has 4 amide bonds. The number of rotatable bonds is 13. The highest BCUT2D eigenvalue weighted by molar-refractivity contribution is 5.98. The monoisotopic (exact) mass is 528 g/mol. The third kappa shape index (κ3) is 8.92. The minimum atomic E-state index is -1.08. The van der Waals surface area contributed by atoms with Gasteiger partial charge in [-0.1, -0.05) is 78.9 Å². The molecule has 4 N–H and O–H groups in total. The lowest BCUT2D eigenvalue weighted by Crippen LogP contribution is -2.52. The smallest absolute Gasteiger partial charge is 0.251 e. The Bertz CT molecular complexity index is 1280. The molecule has 3 aromatic carbocycles. The summed E-state index contributed by atoms with van der Waals surface area (Å²) in [6.45, 7) is 0.887. The fourth-order valence-electron chi connectivity index (χ4n) is 4.09. The maximum atomic E-state index is 13.3. The van der Waals surface area contributed by atoms with Crippen LogP contribution < -0.4 is 16.4 Å². The highest BCUT2D eigenvalue weighted by atomic mass is 16.2. The Balaban J connectivity index is 1.77. The van der Waals surface area contributed by atoms with Crippen LogP contribution in [-0.4, -0.2) is 52.9 Å². The van der Waals surface area contributed by atoms with Gasteiger partial charge in [-0.05, 0) is 30.2 Å². The Kier molecular flexibility index (Phi) is 10.5. The zero-order valence-corrected chi connectivity index (χ0v) is 21.7. The van der Waals surface area contributed by atoms with Crippen LogP contribution in [-0.2, 0) is 32.1 Å². The van der Waals surface area contributed by atoms with Crippen molar-refractivity contribution in [1.29, 1.82) is 0 Å². The van der Waals surface area contributed by atoms with Gasteiger partial charge >= 0.3 is 0 Å². The van der Waals surface area contributed by atoms with Gasteiger partial charge < -0.3 is 21.3 Å². The molecule has 0 bridgehead atoms. The first kappa shape index (κ1) is 28.8. The molecule has 0 aliphatic rings. The van der Waals surface area contributed by atoms with Gasteiger partial charge in [-0.15, -0.1) is 0 Å². The maximum absolute atomic E-state index is 13.3. The lowest BCUT2D eigenvalue weighted by Gasteiger charge is -2.30. The number of carbonyl (C=O) groups is 5. The van der Waals surface area contributed by atoms with Crippen molar-refractivity contribution in [1.82, 2.24) is 15.5 Å². The second-order valence-corrected chi connectivity index (χ2v) is 9.10. The average molecular weight is 529 g/mol. The van der Waals surface area contributed by atoms with Crippen molar-refractivity contribution in [2.45, 2.75) is 38.4 Å². The molecule has 0 saturated carbocycles. The van der Waals surface area contributed by atoms with E-state index in [4.69, 9.17) is 5.73 Å². The van der Waals surface area contributed by atoms with Crippen LogP contribution in [0.2, 0.25) is 0 Å². The van der Waals surface area contributed by atoms with Crippen molar-refractivity contribution in [3.8, 4) is 0 Å². The van der Waals surface area contributed by atoms with Gasteiger partial charge in [0.2, 0.25) is 17.7 Å². The molecular weight excluding hydrogens is 496 g/mol. The summed E-state index contributed by atoms with van der Waals surface area (Å²) < 4.78 is 0. The molecule has 2 atom stereocenters. The maximum Gasteiger partial charge on any atom is 0.251 e. The number of ketones is 1. The highest BCUT2D eigenvalue weighted by Crippen LogP contribution is 2.13. The van der Waals surface area contributed by atoms with Crippen LogP contribution in [0.4, 0.5) is 0 Å². The fourth-order valence-corrected chi connectivity index (χ4v) is 4.09. The van der Waals surface area contributed by atoms with E-state index in [0.29, 0.717) is 5.56 Å². The highest BCUT2D eigenvalue weighted by Gasteiger charge is 2.30. The Morgan fingerprint density at radius 1 is 0.795 bits per heavy atom. The van der Waals surface area contributed by atoms with E-state index < -0.39 is 48.0 Å². The van der Waals surface area contributed by atoms with E-state index in [-0.39, 0.29) is 19.4 Å². The molecular formula is C30H32N4O5. The van der Waals surface area contributed by atoms with Crippen LogP contribution in [0, 0.1) is 0 Å². The summed E-state index contributed by atoms with van der Waals surface area (Å²) in [7, 11) is 0. The van der Waals surface area contributed by atoms with Gasteiger partial charge in [0, 0.05) is 18.5 Å². The minimum Gasteiger partial charge on any atom is -0.370 e. The summed E-state index contributed by atoms with van der Waals surface area (Å²) in [5.74, 6) is -2.69. The normalized spacial score (nSPS) is 12.0. The fraction of sp³-hybridized carbons (Fsp3) is 0.233. The number of nitrogens with two attached hydrogens (primary N) is 1. The molecule has 0 fully saturated rings. The summed E-state index contributed by atoms with van der Waals surface area (Å²) in [4.78, 5) is 64.7. The van der Waals surface area contributed by atoms with Gasteiger partial charge in [0.25, 0.3) is 5.91 Å². The van der Waals surface area contributed by atoms with Gasteiger partial charge in [0.1, 0.15) is 6.04 Å². The molecule has 1 unspecified atom stereocenters. The lowest BCUT2D eigenvalue weighted by atomic mass is 10.0. The third-order valence-electron chi connectivity index (χ3n) is 6.11. The number of benzene rings is 3. The molecule has 0 spiro atoms. The average Bonchev–Trinajstić information content (AvgIpc) is 2.94. The van der Waals surface area contributed by atoms with E-state index in [2.05, 4.69) is 10.6 Å². The molecule has 0 saturated heterocycles. The molecule has 0 radical (unpaired) electrons. The molecule has 0 aromatic heterocycles. The van der Waals surface area contributed by atoms with E-state index in [9.17, 15) is 24.0 Å². The molecule has 0 aliphatic carbocycles. The van der Waals surface area contributed by atoms with E-state index in [1.165, 1.54) is 11.8 Å².